The Kier molecular flexibility index (Phi) is 2.23. The fraction of sp³-hybridized carbons (Fsp3) is 0.364. The van der Waals surface area contributed by atoms with Crippen LogP contribution in [-0.2, 0) is 6.42 Å². The first-order valence-corrected chi connectivity index (χ1v) is 4.80. The van der Waals surface area contributed by atoms with E-state index in [9.17, 15) is 4.39 Å². The van der Waals surface area contributed by atoms with E-state index >= 15 is 0 Å². The van der Waals surface area contributed by atoms with Gasteiger partial charge in [-0.05, 0) is 30.4 Å². The largest absolute Gasteiger partial charge is 0.384 e. The number of rotatable bonds is 1. The first-order valence-electron chi connectivity index (χ1n) is 4.80. The van der Waals surface area contributed by atoms with Crippen LogP contribution in [-0.4, -0.2) is 5.84 Å². The lowest BCUT2D eigenvalue weighted by Gasteiger charge is -2.21. The maximum Gasteiger partial charge on any atom is 0.125 e. The van der Waals surface area contributed by atoms with Crippen LogP contribution in [0.15, 0.2) is 18.2 Å². The predicted molar refractivity (Wildman–Crippen MR) is 54.2 cm³/mol. The number of alkyl halides is 1. The van der Waals surface area contributed by atoms with Gasteiger partial charge in [0.1, 0.15) is 12.0 Å². The van der Waals surface area contributed by atoms with Crippen LogP contribution in [0.3, 0.4) is 0 Å². The third-order valence-corrected chi connectivity index (χ3v) is 2.72. The zero-order valence-electron chi connectivity index (χ0n) is 7.89. The number of hydrogen-bond acceptors (Lipinski definition) is 1. The Bertz CT molecular complexity index is 374. The van der Waals surface area contributed by atoms with Crippen LogP contribution < -0.4 is 5.73 Å². The molecule has 0 amide bonds. The van der Waals surface area contributed by atoms with Crippen LogP contribution in [0.2, 0.25) is 0 Å². The van der Waals surface area contributed by atoms with Crippen molar-refractivity contribution in [1.82, 2.24) is 0 Å². The van der Waals surface area contributed by atoms with Gasteiger partial charge in [-0.25, -0.2) is 4.39 Å². The molecule has 2 rings (SSSR count). The van der Waals surface area contributed by atoms with Gasteiger partial charge in [-0.3, -0.25) is 5.41 Å². The lowest BCUT2D eigenvalue weighted by Crippen LogP contribution is -2.17. The molecule has 14 heavy (non-hydrogen) atoms. The van der Waals surface area contributed by atoms with E-state index in [-0.39, 0.29) is 5.84 Å². The molecule has 0 spiro atoms. The average Bonchev–Trinajstić information content (AvgIpc) is 2.17. The second kappa shape index (κ2) is 3.40. The molecule has 1 atom stereocenters. The molecule has 3 N–H and O–H groups in total. The molecule has 1 unspecified atom stereocenters. The number of nitrogens with one attached hydrogen (secondary N) is 1. The van der Waals surface area contributed by atoms with Gasteiger partial charge in [0.05, 0.1) is 0 Å². The summed E-state index contributed by atoms with van der Waals surface area (Å²) in [6.07, 6.45) is 1.40. The highest BCUT2D eigenvalue weighted by Crippen LogP contribution is 2.33. The standard InChI is InChI=1S/C11H13FN2/c12-10-6-2-3-7-8(10)4-1-5-9(7)11(13)14/h1,4-5,10H,2-3,6H2,(H3,13,14). The van der Waals surface area contributed by atoms with Crippen LogP contribution in [0.5, 0.6) is 0 Å². The van der Waals surface area contributed by atoms with Gasteiger partial charge in [-0.1, -0.05) is 18.2 Å². The molecule has 0 saturated heterocycles. The quantitative estimate of drug-likeness (QED) is 0.520. The molecule has 0 aliphatic heterocycles. The van der Waals surface area contributed by atoms with E-state index in [0.717, 1.165) is 24.0 Å². The summed E-state index contributed by atoms with van der Waals surface area (Å²) in [5.74, 6) is 0.0379. The predicted octanol–water partition coefficient (Wildman–Crippen LogP) is 2.32. The van der Waals surface area contributed by atoms with Crippen molar-refractivity contribution in [2.75, 3.05) is 0 Å². The van der Waals surface area contributed by atoms with Gasteiger partial charge in [0, 0.05) is 5.56 Å². The molecule has 0 saturated carbocycles. The van der Waals surface area contributed by atoms with Crippen LogP contribution in [0.25, 0.3) is 0 Å². The Morgan fingerprint density at radius 2 is 2.29 bits per heavy atom. The summed E-state index contributed by atoms with van der Waals surface area (Å²) in [5.41, 5.74) is 7.80. The first kappa shape index (κ1) is 9.19. The van der Waals surface area contributed by atoms with Gasteiger partial charge in [0.25, 0.3) is 0 Å². The van der Waals surface area contributed by atoms with Gasteiger partial charge in [0.15, 0.2) is 0 Å². The SMILES string of the molecule is N=C(N)c1cccc2c1CCCC2F. The van der Waals surface area contributed by atoms with Crippen LogP contribution >= 0.6 is 0 Å². The molecule has 0 fully saturated rings. The van der Waals surface area contributed by atoms with Crippen molar-refractivity contribution in [3.63, 3.8) is 0 Å². The van der Waals surface area contributed by atoms with Crippen molar-refractivity contribution in [2.45, 2.75) is 25.4 Å². The van der Waals surface area contributed by atoms with Crippen molar-refractivity contribution in [3.05, 3.63) is 34.9 Å². The zero-order valence-corrected chi connectivity index (χ0v) is 7.89. The van der Waals surface area contributed by atoms with E-state index < -0.39 is 6.17 Å². The molecule has 1 aromatic carbocycles. The molecule has 0 heterocycles. The molecule has 1 aliphatic rings. The fourth-order valence-corrected chi connectivity index (χ4v) is 2.04. The summed E-state index contributed by atoms with van der Waals surface area (Å²) in [6, 6.07) is 5.36. The number of fused-ring (bicyclic) bond motifs is 1. The monoisotopic (exact) mass is 192 g/mol. The lowest BCUT2D eigenvalue weighted by molar-refractivity contribution is 0.302. The molecule has 74 valence electrons. The topological polar surface area (TPSA) is 49.9 Å². The van der Waals surface area contributed by atoms with E-state index in [1.54, 1.807) is 18.2 Å². The van der Waals surface area contributed by atoms with E-state index in [1.165, 1.54) is 0 Å². The first-order chi connectivity index (χ1) is 6.70. The minimum Gasteiger partial charge on any atom is -0.384 e. The summed E-state index contributed by atoms with van der Waals surface area (Å²) < 4.78 is 13.5. The summed E-state index contributed by atoms with van der Waals surface area (Å²) in [7, 11) is 0. The van der Waals surface area contributed by atoms with Gasteiger partial charge < -0.3 is 5.73 Å². The Morgan fingerprint density at radius 1 is 1.50 bits per heavy atom. The Labute approximate surface area is 82.4 Å². The zero-order chi connectivity index (χ0) is 10.1. The van der Waals surface area contributed by atoms with Gasteiger partial charge >= 0.3 is 0 Å². The number of nitrogen functional groups attached to an aromatic ring is 1. The molecule has 1 aromatic rings. The number of amidine groups is 1. The van der Waals surface area contributed by atoms with Crippen molar-refractivity contribution >= 4 is 5.84 Å². The number of nitrogens with two attached hydrogens (primary N) is 1. The third-order valence-electron chi connectivity index (χ3n) is 2.72. The van der Waals surface area contributed by atoms with Crippen molar-refractivity contribution in [3.8, 4) is 0 Å². The highest BCUT2D eigenvalue weighted by molar-refractivity contribution is 5.96. The summed E-state index contributed by atoms with van der Waals surface area (Å²) >= 11 is 0. The third kappa shape index (κ3) is 1.39. The van der Waals surface area contributed by atoms with E-state index in [2.05, 4.69) is 0 Å². The van der Waals surface area contributed by atoms with Gasteiger partial charge in [-0.2, -0.15) is 0 Å². The maximum atomic E-state index is 13.5. The Balaban J connectivity index is 2.55. The van der Waals surface area contributed by atoms with Gasteiger partial charge in [0.2, 0.25) is 0 Å². The smallest absolute Gasteiger partial charge is 0.125 e. The minimum atomic E-state index is -0.877. The van der Waals surface area contributed by atoms with Gasteiger partial charge in [-0.15, -0.1) is 0 Å². The number of hydrogen-bond donors (Lipinski definition) is 2. The minimum absolute atomic E-state index is 0.0379. The molecule has 3 heteroatoms. The van der Waals surface area contributed by atoms with E-state index in [4.69, 9.17) is 11.1 Å². The van der Waals surface area contributed by atoms with Crippen LogP contribution in [0, 0.1) is 5.41 Å². The fourth-order valence-electron chi connectivity index (χ4n) is 2.04. The van der Waals surface area contributed by atoms with E-state index in [0.29, 0.717) is 12.0 Å². The number of halogens is 1. The maximum absolute atomic E-state index is 13.5. The van der Waals surface area contributed by atoms with E-state index in [1.807, 2.05) is 0 Å². The molecule has 1 aliphatic carbocycles. The van der Waals surface area contributed by atoms with Crippen molar-refractivity contribution in [1.29, 1.82) is 5.41 Å². The molecule has 0 aromatic heterocycles. The molecular formula is C11H13FN2. The van der Waals surface area contributed by atoms with Crippen LogP contribution in [0.1, 0.15) is 35.7 Å². The van der Waals surface area contributed by atoms with Crippen LogP contribution in [0.4, 0.5) is 4.39 Å². The lowest BCUT2D eigenvalue weighted by atomic mass is 9.87. The summed E-state index contributed by atoms with van der Waals surface area (Å²) in [5, 5.41) is 7.40. The Hall–Kier alpha value is -1.38. The number of benzene rings is 1. The second-order valence-corrected chi connectivity index (χ2v) is 3.65. The second-order valence-electron chi connectivity index (χ2n) is 3.65. The normalized spacial score (nSPS) is 20.2. The van der Waals surface area contributed by atoms with Crippen molar-refractivity contribution in [2.24, 2.45) is 5.73 Å². The summed E-state index contributed by atoms with van der Waals surface area (Å²) in [4.78, 5) is 0. The average molecular weight is 192 g/mol. The highest BCUT2D eigenvalue weighted by Gasteiger charge is 2.21. The van der Waals surface area contributed by atoms with Crippen molar-refractivity contribution < 1.29 is 4.39 Å². The molecular weight excluding hydrogens is 179 g/mol. The highest BCUT2D eigenvalue weighted by atomic mass is 19.1. The Morgan fingerprint density at radius 3 is 3.00 bits per heavy atom. The molecule has 2 nitrogen and oxygen atoms in total. The molecule has 0 bridgehead atoms. The molecule has 0 radical (unpaired) electrons. The summed E-state index contributed by atoms with van der Waals surface area (Å²) in [6.45, 7) is 0.